The Morgan fingerprint density at radius 1 is 1.61 bits per heavy atom. The Morgan fingerprint density at radius 3 is 3.00 bits per heavy atom. The van der Waals surface area contributed by atoms with E-state index >= 15 is 0 Å². The van der Waals surface area contributed by atoms with Crippen molar-refractivity contribution >= 4 is 10.0 Å². The van der Waals surface area contributed by atoms with Gasteiger partial charge in [0.25, 0.3) is 0 Å². The van der Waals surface area contributed by atoms with Gasteiger partial charge in [-0.15, -0.1) is 0 Å². The first kappa shape index (κ1) is 13.5. The van der Waals surface area contributed by atoms with E-state index < -0.39 is 10.0 Å². The van der Waals surface area contributed by atoms with Gasteiger partial charge in [-0.2, -0.15) is 0 Å². The number of aryl methyl sites for hydroxylation is 1. The standard InChI is InChI=1S/C11H19N3O3S/c1-9-5-11(13-17-9)8-18(15,16)14-4-3-10(7-14)6-12-2/h5,10,12H,3-4,6-8H2,1-2H3. The Labute approximate surface area is 107 Å². The van der Waals surface area contributed by atoms with Crippen LogP contribution in [-0.2, 0) is 15.8 Å². The first-order chi connectivity index (χ1) is 8.51. The van der Waals surface area contributed by atoms with E-state index in [-0.39, 0.29) is 5.75 Å². The van der Waals surface area contributed by atoms with E-state index in [4.69, 9.17) is 4.52 Å². The van der Waals surface area contributed by atoms with Crippen LogP contribution >= 0.6 is 0 Å². The molecule has 1 aliphatic rings. The summed E-state index contributed by atoms with van der Waals surface area (Å²) in [6.07, 6.45) is 0.915. The summed E-state index contributed by atoms with van der Waals surface area (Å²) < 4.78 is 30.8. The van der Waals surface area contributed by atoms with Crippen LogP contribution in [0.5, 0.6) is 0 Å². The molecular weight excluding hydrogens is 254 g/mol. The maximum Gasteiger partial charge on any atom is 0.219 e. The van der Waals surface area contributed by atoms with Gasteiger partial charge in [0.1, 0.15) is 17.2 Å². The SMILES string of the molecule is CNCC1CCN(S(=O)(=O)Cc2cc(C)on2)C1. The zero-order valence-corrected chi connectivity index (χ0v) is 11.5. The molecule has 6 nitrogen and oxygen atoms in total. The number of aromatic nitrogens is 1. The summed E-state index contributed by atoms with van der Waals surface area (Å²) in [5, 5.41) is 6.82. The fourth-order valence-corrected chi connectivity index (χ4v) is 3.78. The fourth-order valence-electron chi connectivity index (χ4n) is 2.27. The second-order valence-electron chi connectivity index (χ2n) is 4.76. The van der Waals surface area contributed by atoms with Gasteiger partial charge in [0.05, 0.1) is 0 Å². The maximum absolute atomic E-state index is 12.2. The maximum atomic E-state index is 12.2. The van der Waals surface area contributed by atoms with Crippen LogP contribution in [0.25, 0.3) is 0 Å². The molecule has 1 N–H and O–H groups in total. The number of nitrogens with one attached hydrogen (secondary N) is 1. The summed E-state index contributed by atoms with van der Waals surface area (Å²) in [6, 6.07) is 1.67. The minimum atomic E-state index is -3.27. The molecule has 2 rings (SSSR count). The molecule has 2 heterocycles. The van der Waals surface area contributed by atoms with Crippen LogP contribution in [0.15, 0.2) is 10.6 Å². The Kier molecular flexibility index (Phi) is 4.04. The third-order valence-corrected chi connectivity index (χ3v) is 4.92. The van der Waals surface area contributed by atoms with E-state index in [0.29, 0.717) is 30.5 Å². The van der Waals surface area contributed by atoms with Gasteiger partial charge in [-0.3, -0.25) is 0 Å². The predicted octanol–water partition coefficient (Wildman–Crippen LogP) is 0.354. The molecule has 18 heavy (non-hydrogen) atoms. The van der Waals surface area contributed by atoms with Gasteiger partial charge in [-0.05, 0) is 32.9 Å². The first-order valence-corrected chi connectivity index (χ1v) is 7.67. The number of rotatable bonds is 5. The van der Waals surface area contributed by atoms with Gasteiger partial charge in [-0.1, -0.05) is 5.16 Å². The molecule has 1 aromatic heterocycles. The van der Waals surface area contributed by atoms with Crippen molar-refractivity contribution in [3.63, 3.8) is 0 Å². The third kappa shape index (κ3) is 3.09. The van der Waals surface area contributed by atoms with Crippen molar-refractivity contribution in [3.8, 4) is 0 Å². The summed E-state index contributed by atoms with van der Waals surface area (Å²) in [6.45, 7) is 3.81. The molecule has 0 radical (unpaired) electrons. The monoisotopic (exact) mass is 273 g/mol. The Hall–Kier alpha value is -0.920. The van der Waals surface area contributed by atoms with Crippen LogP contribution in [0.4, 0.5) is 0 Å². The fraction of sp³-hybridized carbons (Fsp3) is 0.727. The average Bonchev–Trinajstić information content (AvgIpc) is 2.88. The second-order valence-corrected chi connectivity index (χ2v) is 6.72. The van der Waals surface area contributed by atoms with E-state index in [1.807, 2.05) is 7.05 Å². The van der Waals surface area contributed by atoms with Crippen LogP contribution in [0, 0.1) is 12.8 Å². The normalized spacial score (nSPS) is 21.6. The minimum absolute atomic E-state index is 0.0728. The molecule has 0 spiro atoms. The minimum Gasteiger partial charge on any atom is -0.361 e. The Bertz CT molecular complexity index is 497. The lowest BCUT2D eigenvalue weighted by atomic mass is 10.1. The van der Waals surface area contributed by atoms with E-state index in [9.17, 15) is 8.42 Å². The molecule has 0 aromatic carbocycles. The van der Waals surface area contributed by atoms with Gasteiger partial charge in [0.2, 0.25) is 10.0 Å². The highest BCUT2D eigenvalue weighted by atomic mass is 32.2. The molecular formula is C11H19N3O3S. The summed E-state index contributed by atoms with van der Waals surface area (Å²) in [7, 11) is -1.38. The van der Waals surface area contributed by atoms with E-state index in [1.54, 1.807) is 17.3 Å². The van der Waals surface area contributed by atoms with Gasteiger partial charge in [0.15, 0.2) is 0 Å². The zero-order chi connectivity index (χ0) is 13.2. The lowest BCUT2D eigenvalue weighted by Gasteiger charge is -2.15. The first-order valence-electron chi connectivity index (χ1n) is 6.06. The molecule has 1 unspecified atom stereocenters. The van der Waals surface area contributed by atoms with Crippen molar-refractivity contribution in [2.24, 2.45) is 5.92 Å². The number of hydrogen-bond acceptors (Lipinski definition) is 5. The molecule has 102 valence electrons. The molecule has 1 aliphatic heterocycles. The van der Waals surface area contributed by atoms with Crippen molar-refractivity contribution in [1.82, 2.24) is 14.8 Å². The smallest absolute Gasteiger partial charge is 0.219 e. The average molecular weight is 273 g/mol. The molecule has 1 aromatic rings. The largest absolute Gasteiger partial charge is 0.361 e. The quantitative estimate of drug-likeness (QED) is 0.838. The van der Waals surface area contributed by atoms with E-state index in [0.717, 1.165) is 13.0 Å². The summed E-state index contributed by atoms with van der Waals surface area (Å²) in [5.74, 6) is 0.967. The molecule has 0 amide bonds. The Morgan fingerprint density at radius 2 is 2.39 bits per heavy atom. The van der Waals surface area contributed by atoms with Gasteiger partial charge < -0.3 is 9.84 Å². The van der Waals surface area contributed by atoms with Crippen LogP contribution in [0.1, 0.15) is 17.9 Å². The number of sulfonamides is 1. The molecule has 1 saturated heterocycles. The van der Waals surface area contributed by atoms with Crippen molar-refractivity contribution in [3.05, 3.63) is 17.5 Å². The van der Waals surface area contributed by atoms with Gasteiger partial charge in [0, 0.05) is 19.2 Å². The third-order valence-electron chi connectivity index (χ3n) is 3.14. The summed E-state index contributed by atoms with van der Waals surface area (Å²) >= 11 is 0. The molecule has 0 aliphatic carbocycles. The Balaban J connectivity index is 1.99. The lowest BCUT2D eigenvalue weighted by Crippen LogP contribution is -2.31. The highest BCUT2D eigenvalue weighted by Gasteiger charge is 2.31. The van der Waals surface area contributed by atoms with Crippen LogP contribution in [0.2, 0.25) is 0 Å². The highest BCUT2D eigenvalue weighted by Crippen LogP contribution is 2.21. The van der Waals surface area contributed by atoms with Gasteiger partial charge in [-0.25, -0.2) is 12.7 Å². The molecule has 1 atom stereocenters. The van der Waals surface area contributed by atoms with Crippen molar-refractivity contribution < 1.29 is 12.9 Å². The molecule has 7 heteroatoms. The van der Waals surface area contributed by atoms with E-state index in [1.165, 1.54) is 0 Å². The van der Waals surface area contributed by atoms with Crippen molar-refractivity contribution in [2.45, 2.75) is 19.1 Å². The van der Waals surface area contributed by atoms with Crippen molar-refractivity contribution in [1.29, 1.82) is 0 Å². The topological polar surface area (TPSA) is 75.4 Å². The van der Waals surface area contributed by atoms with Crippen LogP contribution in [-0.4, -0.2) is 44.6 Å². The number of hydrogen-bond donors (Lipinski definition) is 1. The van der Waals surface area contributed by atoms with Crippen molar-refractivity contribution in [2.75, 3.05) is 26.7 Å². The second kappa shape index (κ2) is 5.38. The lowest BCUT2D eigenvalue weighted by molar-refractivity contribution is 0.391. The van der Waals surface area contributed by atoms with Gasteiger partial charge >= 0.3 is 0 Å². The molecule has 0 bridgehead atoms. The van der Waals surface area contributed by atoms with E-state index in [2.05, 4.69) is 10.5 Å². The predicted molar refractivity (Wildman–Crippen MR) is 67.5 cm³/mol. The number of nitrogens with zero attached hydrogens (tertiary/aromatic N) is 2. The summed E-state index contributed by atoms with van der Waals surface area (Å²) in [4.78, 5) is 0. The van der Waals surface area contributed by atoms with Crippen LogP contribution in [0.3, 0.4) is 0 Å². The highest BCUT2D eigenvalue weighted by molar-refractivity contribution is 7.88. The molecule has 0 saturated carbocycles. The van der Waals surface area contributed by atoms with Crippen LogP contribution < -0.4 is 5.32 Å². The molecule has 1 fully saturated rings. The zero-order valence-electron chi connectivity index (χ0n) is 10.7. The summed E-state index contributed by atoms with van der Waals surface area (Å²) in [5.41, 5.74) is 0.476.